The van der Waals surface area contributed by atoms with Gasteiger partial charge in [0.25, 0.3) is 0 Å². The molecule has 1 N–H and O–H groups in total. The van der Waals surface area contributed by atoms with Crippen molar-refractivity contribution in [3.63, 3.8) is 0 Å². The van der Waals surface area contributed by atoms with Gasteiger partial charge in [-0.15, -0.1) is 0 Å². The van der Waals surface area contributed by atoms with Crippen molar-refractivity contribution >= 4 is 6.29 Å². The highest BCUT2D eigenvalue weighted by atomic mass is 16.5. The van der Waals surface area contributed by atoms with Crippen molar-refractivity contribution < 1.29 is 14.6 Å². The molecule has 1 aliphatic rings. The van der Waals surface area contributed by atoms with Crippen molar-refractivity contribution in [1.29, 1.82) is 0 Å². The minimum absolute atomic E-state index is 0.361. The van der Waals surface area contributed by atoms with Crippen LogP contribution in [-0.4, -0.2) is 30.2 Å². The molecule has 80 valence electrons. The average Bonchev–Trinajstić information content (AvgIpc) is 2.66. The van der Waals surface area contributed by atoms with Crippen molar-refractivity contribution in [1.82, 2.24) is 0 Å². The summed E-state index contributed by atoms with van der Waals surface area (Å²) in [5, 5.41) is 10.1. The number of hydrogen-bond donors (Lipinski definition) is 1. The predicted molar refractivity (Wildman–Crippen MR) is 55.9 cm³/mol. The summed E-state index contributed by atoms with van der Waals surface area (Å²) < 4.78 is 5.17. The van der Waals surface area contributed by atoms with Gasteiger partial charge in [-0.05, 0) is 5.56 Å². The molecule has 3 heteroatoms. The van der Waals surface area contributed by atoms with Gasteiger partial charge in [-0.25, -0.2) is 0 Å². The van der Waals surface area contributed by atoms with Crippen LogP contribution in [-0.2, 0) is 11.2 Å². The van der Waals surface area contributed by atoms with Gasteiger partial charge >= 0.3 is 0 Å². The highest BCUT2D eigenvalue weighted by molar-refractivity contribution is 5.77. The molecule has 1 atom stereocenters. The molecular formula is C12H14O3. The summed E-state index contributed by atoms with van der Waals surface area (Å²) in [6.07, 6.45) is 1.95. The number of aldehydes is 1. The molecule has 1 heterocycles. The number of ether oxygens (including phenoxy) is 1. The molecule has 15 heavy (non-hydrogen) atoms. The Morgan fingerprint density at radius 3 is 2.93 bits per heavy atom. The second kappa shape index (κ2) is 4.13. The summed E-state index contributed by atoms with van der Waals surface area (Å²) in [6.45, 7) is 0.958. The fourth-order valence-corrected chi connectivity index (χ4v) is 1.90. The molecule has 0 bridgehead atoms. The Bertz CT molecular complexity index is 354. The lowest BCUT2D eigenvalue weighted by Crippen LogP contribution is -2.31. The fourth-order valence-electron chi connectivity index (χ4n) is 1.90. The Labute approximate surface area is 88.7 Å². The Kier molecular flexibility index (Phi) is 2.84. The highest BCUT2D eigenvalue weighted by Crippen LogP contribution is 2.24. The van der Waals surface area contributed by atoms with Crippen LogP contribution in [0.3, 0.4) is 0 Å². The third-order valence-corrected chi connectivity index (χ3v) is 2.78. The van der Waals surface area contributed by atoms with Gasteiger partial charge < -0.3 is 9.84 Å². The van der Waals surface area contributed by atoms with Crippen molar-refractivity contribution in [3.05, 3.63) is 35.4 Å². The SMILES string of the molecule is O=Cc1ccccc1CC1(O)CCOC1. The van der Waals surface area contributed by atoms with Crippen LogP contribution in [0, 0.1) is 0 Å². The van der Waals surface area contributed by atoms with Crippen LogP contribution < -0.4 is 0 Å². The van der Waals surface area contributed by atoms with Crippen LogP contribution in [0.2, 0.25) is 0 Å². The molecular weight excluding hydrogens is 192 g/mol. The van der Waals surface area contributed by atoms with Crippen molar-refractivity contribution in [3.8, 4) is 0 Å². The molecule has 1 aromatic carbocycles. The van der Waals surface area contributed by atoms with E-state index in [0.29, 0.717) is 31.6 Å². The van der Waals surface area contributed by atoms with E-state index in [1.807, 2.05) is 18.2 Å². The number of hydrogen-bond acceptors (Lipinski definition) is 3. The van der Waals surface area contributed by atoms with Crippen LogP contribution in [0.15, 0.2) is 24.3 Å². The molecule has 0 saturated carbocycles. The minimum Gasteiger partial charge on any atom is -0.387 e. The molecule has 1 aliphatic heterocycles. The Balaban J connectivity index is 2.19. The summed E-state index contributed by atoms with van der Waals surface area (Å²) >= 11 is 0. The normalized spacial score (nSPS) is 25.4. The van der Waals surface area contributed by atoms with Crippen LogP contribution in [0.25, 0.3) is 0 Å². The van der Waals surface area contributed by atoms with Gasteiger partial charge in [-0.2, -0.15) is 0 Å². The van der Waals surface area contributed by atoms with Crippen molar-refractivity contribution in [2.45, 2.75) is 18.4 Å². The zero-order valence-corrected chi connectivity index (χ0v) is 8.48. The molecule has 0 amide bonds. The molecule has 1 fully saturated rings. The Morgan fingerprint density at radius 1 is 1.47 bits per heavy atom. The first-order valence-corrected chi connectivity index (χ1v) is 5.07. The topological polar surface area (TPSA) is 46.5 Å². The van der Waals surface area contributed by atoms with Gasteiger partial charge in [0.15, 0.2) is 0 Å². The summed E-state index contributed by atoms with van der Waals surface area (Å²) in [7, 11) is 0. The van der Waals surface area contributed by atoms with Gasteiger partial charge in [0.1, 0.15) is 6.29 Å². The fraction of sp³-hybridized carbons (Fsp3) is 0.417. The molecule has 3 nitrogen and oxygen atoms in total. The second-order valence-electron chi connectivity index (χ2n) is 4.02. The zero-order valence-electron chi connectivity index (χ0n) is 8.48. The molecule has 0 radical (unpaired) electrons. The number of aliphatic hydroxyl groups is 1. The van der Waals surface area contributed by atoms with E-state index in [1.54, 1.807) is 6.07 Å². The predicted octanol–water partition coefficient (Wildman–Crippen LogP) is 1.19. The van der Waals surface area contributed by atoms with Crippen LogP contribution in [0.1, 0.15) is 22.3 Å². The van der Waals surface area contributed by atoms with Crippen LogP contribution >= 0.6 is 0 Å². The average molecular weight is 206 g/mol. The molecule has 0 spiro atoms. The van der Waals surface area contributed by atoms with Crippen molar-refractivity contribution in [2.75, 3.05) is 13.2 Å². The summed E-state index contributed by atoms with van der Waals surface area (Å²) in [5.41, 5.74) is 0.748. The quantitative estimate of drug-likeness (QED) is 0.756. The molecule has 1 aromatic rings. The molecule has 1 saturated heterocycles. The minimum atomic E-state index is -0.793. The molecule has 0 aromatic heterocycles. The lowest BCUT2D eigenvalue weighted by Gasteiger charge is -2.20. The first-order chi connectivity index (χ1) is 7.23. The number of carbonyl (C=O) groups excluding carboxylic acids is 1. The van der Waals surface area contributed by atoms with Gasteiger partial charge in [0.2, 0.25) is 0 Å². The highest BCUT2D eigenvalue weighted by Gasteiger charge is 2.32. The Morgan fingerprint density at radius 2 is 2.27 bits per heavy atom. The van der Waals surface area contributed by atoms with Crippen LogP contribution in [0.4, 0.5) is 0 Å². The van der Waals surface area contributed by atoms with E-state index in [2.05, 4.69) is 0 Å². The van der Waals surface area contributed by atoms with E-state index in [4.69, 9.17) is 4.74 Å². The second-order valence-corrected chi connectivity index (χ2v) is 4.02. The first kappa shape index (κ1) is 10.3. The lowest BCUT2D eigenvalue weighted by molar-refractivity contribution is 0.0270. The van der Waals surface area contributed by atoms with E-state index >= 15 is 0 Å². The first-order valence-electron chi connectivity index (χ1n) is 5.07. The van der Waals surface area contributed by atoms with Gasteiger partial charge in [0, 0.05) is 25.0 Å². The number of carbonyl (C=O) groups is 1. The molecule has 2 rings (SSSR count). The smallest absolute Gasteiger partial charge is 0.150 e. The summed E-state index contributed by atoms with van der Waals surface area (Å²) in [5.74, 6) is 0. The number of benzene rings is 1. The summed E-state index contributed by atoms with van der Waals surface area (Å²) in [4.78, 5) is 10.8. The molecule has 0 aliphatic carbocycles. The van der Waals surface area contributed by atoms with E-state index in [-0.39, 0.29) is 0 Å². The third-order valence-electron chi connectivity index (χ3n) is 2.78. The van der Waals surface area contributed by atoms with Gasteiger partial charge in [-0.3, -0.25) is 4.79 Å². The number of rotatable bonds is 3. The largest absolute Gasteiger partial charge is 0.387 e. The van der Waals surface area contributed by atoms with E-state index < -0.39 is 5.60 Å². The Hall–Kier alpha value is -1.19. The maximum Gasteiger partial charge on any atom is 0.150 e. The lowest BCUT2D eigenvalue weighted by atomic mass is 9.91. The van der Waals surface area contributed by atoms with E-state index in [0.717, 1.165) is 11.8 Å². The van der Waals surface area contributed by atoms with E-state index in [1.165, 1.54) is 0 Å². The van der Waals surface area contributed by atoms with Gasteiger partial charge in [0.05, 0.1) is 12.2 Å². The molecule has 1 unspecified atom stereocenters. The summed E-state index contributed by atoms with van der Waals surface area (Å²) in [6, 6.07) is 7.34. The zero-order chi connectivity index (χ0) is 10.7. The van der Waals surface area contributed by atoms with Crippen molar-refractivity contribution in [2.24, 2.45) is 0 Å². The van der Waals surface area contributed by atoms with E-state index in [9.17, 15) is 9.90 Å². The monoisotopic (exact) mass is 206 g/mol. The third kappa shape index (κ3) is 2.25. The maximum absolute atomic E-state index is 10.8. The van der Waals surface area contributed by atoms with Crippen LogP contribution in [0.5, 0.6) is 0 Å². The van der Waals surface area contributed by atoms with Gasteiger partial charge in [-0.1, -0.05) is 24.3 Å². The standard InChI is InChI=1S/C12H14O3/c13-8-11-4-2-1-3-10(11)7-12(14)5-6-15-9-12/h1-4,8,14H,5-7,9H2. The maximum atomic E-state index is 10.8.